The number of amides is 1. The summed E-state index contributed by atoms with van der Waals surface area (Å²) < 4.78 is 7.40. The summed E-state index contributed by atoms with van der Waals surface area (Å²) in [6, 6.07) is 0. The molecule has 0 saturated heterocycles. The third-order valence-electron chi connectivity index (χ3n) is 4.60. The van der Waals surface area contributed by atoms with Gasteiger partial charge in [-0.3, -0.25) is 25.0 Å². The van der Waals surface area contributed by atoms with Gasteiger partial charge in [-0.15, -0.1) is 11.3 Å². The Morgan fingerprint density at radius 1 is 1.46 bits per heavy atom. The van der Waals surface area contributed by atoms with E-state index in [1.54, 1.807) is 14.0 Å². The number of carbonyl (C=O) groups excluding carboxylic acids is 1. The molecule has 0 aliphatic carbocycles. The van der Waals surface area contributed by atoms with Crippen molar-refractivity contribution in [1.29, 1.82) is 0 Å². The van der Waals surface area contributed by atoms with Crippen LogP contribution >= 0.6 is 11.3 Å². The summed E-state index contributed by atoms with van der Waals surface area (Å²) in [5.41, 5.74) is 5.98. The lowest BCUT2D eigenvalue weighted by Gasteiger charge is -2.32. The number of thiophene rings is 1. The number of nitrogens with zero attached hydrogens (tertiary/aromatic N) is 2. The van der Waals surface area contributed by atoms with Crippen LogP contribution in [0.4, 0.5) is 5.95 Å². The number of carbonyl (C=O) groups is 1. The molecule has 0 fully saturated rings. The lowest BCUT2D eigenvalue weighted by atomic mass is 9.90. The van der Waals surface area contributed by atoms with Crippen LogP contribution in [0.5, 0.6) is 0 Å². The molecule has 0 unspecified atom stereocenters. The maximum atomic E-state index is 12.8. The minimum Gasteiger partial charge on any atom is -0.369 e. The van der Waals surface area contributed by atoms with Crippen LogP contribution in [0.25, 0.3) is 10.2 Å². The highest BCUT2D eigenvalue weighted by molar-refractivity contribution is 7.18. The quantitative estimate of drug-likeness (QED) is 0.825. The van der Waals surface area contributed by atoms with Gasteiger partial charge in [0.05, 0.1) is 17.6 Å². The molecule has 130 valence electrons. The molecule has 1 aliphatic rings. The van der Waals surface area contributed by atoms with Crippen LogP contribution in [0.3, 0.4) is 0 Å². The summed E-state index contributed by atoms with van der Waals surface area (Å²) in [4.78, 5) is 30.5. The minimum absolute atomic E-state index is 0.105. The third-order valence-corrected chi connectivity index (χ3v) is 5.70. The highest BCUT2D eigenvalue weighted by atomic mass is 32.1. The van der Waals surface area contributed by atoms with Gasteiger partial charge in [0, 0.05) is 24.8 Å². The Morgan fingerprint density at radius 2 is 2.21 bits per heavy atom. The number of aromatic nitrogens is 2. The van der Waals surface area contributed by atoms with E-state index in [9.17, 15) is 9.59 Å². The minimum atomic E-state index is -0.238. The van der Waals surface area contributed by atoms with Crippen LogP contribution in [-0.2, 0) is 29.6 Å². The second-order valence-corrected chi connectivity index (χ2v) is 7.36. The molecular formula is C16H22N4O3S. The fourth-order valence-corrected chi connectivity index (χ4v) is 3.85. The van der Waals surface area contributed by atoms with E-state index >= 15 is 0 Å². The molecule has 1 atom stereocenters. The van der Waals surface area contributed by atoms with Crippen molar-refractivity contribution in [3.63, 3.8) is 0 Å². The molecule has 2 aromatic rings. The molecule has 0 spiro atoms. The van der Waals surface area contributed by atoms with E-state index in [0.29, 0.717) is 29.2 Å². The molecule has 3 rings (SSSR count). The number of nitrogens with one attached hydrogen (secondary N) is 2. The number of fused-ring (bicyclic) bond motifs is 3. The van der Waals surface area contributed by atoms with Crippen molar-refractivity contribution in [3.8, 4) is 0 Å². The van der Waals surface area contributed by atoms with Crippen LogP contribution in [0.1, 0.15) is 44.1 Å². The topological polar surface area (TPSA) is 85.3 Å². The monoisotopic (exact) mass is 350 g/mol. The van der Waals surface area contributed by atoms with Gasteiger partial charge in [-0.2, -0.15) is 0 Å². The first-order valence-corrected chi connectivity index (χ1v) is 8.90. The zero-order valence-electron chi connectivity index (χ0n) is 14.4. The van der Waals surface area contributed by atoms with Gasteiger partial charge in [-0.25, -0.2) is 4.98 Å². The molecule has 2 aromatic heterocycles. The molecule has 0 aromatic carbocycles. The first-order chi connectivity index (χ1) is 11.4. The Kier molecular flexibility index (Phi) is 4.35. The number of anilines is 1. The molecule has 24 heavy (non-hydrogen) atoms. The Bertz CT molecular complexity index is 857. The van der Waals surface area contributed by atoms with Gasteiger partial charge in [-0.05, 0) is 18.9 Å². The summed E-state index contributed by atoms with van der Waals surface area (Å²) in [6.07, 6.45) is 1.96. The van der Waals surface area contributed by atoms with Crippen LogP contribution in [0.2, 0.25) is 0 Å². The number of rotatable bonds is 4. The van der Waals surface area contributed by atoms with Crippen molar-refractivity contribution >= 4 is 33.4 Å². The molecule has 7 nitrogen and oxygen atoms in total. The van der Waals surface area contributed by atoms with Crippen molar-refractivity contribution in [2.24, 2.45) is 7.05 Å². The van der Waals surface area contributed by atoms with Gasteiger partial charge < -0.3 is 4.74 Å². The molecule has 0 saturated carbocycles. The Balaban J connectivity index is 2.06. The summed E-state index contributed by atoms with van der Waals surface area (Å²) in [7, 11) is 1.65. The van der Waals surface area contributed by atoms with Gasteiger partial charge in [0.2, 0.25) is 11.9 Å². The average Bonchev–Trinajstić information content (AvgIpc) is 2.93. The van der Waals surface area contributed by atoms with Gasteiger partial charge in [0.1, 0.15) is 4.83 Å². The summed E-state index contributed by atoms with van der Waals surface area (Å²) >= 11 is 1.49. The molecule has 1 amide bonds. The van der Waals surface area contributed by atoms with E-state index in [0.717, 1.165) is 23.3 Å². The Labute approximate surface area is 144 Å². The summed E-state index contributed by atoms with van der Waals surface area (Å²) in [6.45, 7) is 6.44. The van der Waals surface area contributed by atoms with Gasteiger partial charge in [0.25, 0.3) is 5.56 Å². The van der Waals surface area contributed by atoms with E-state index in [1.807, 2.05) is 0 Å². The molecule has 0 bridgehead atoms. The van der Waals surface area contributed by atoms with Crippen LogP contribution in [-0.4, -0.2) is 21.1 Å². The first kappa shape index (κ1) is 16.9. The predicted molar refractivity (Wildman–Crippen MR) is 94.1 cm³/mol. The van der Waals surface area contributed by atoms with E-state index in [-0.39, 0.29) is 17.1 Å². The molecule has 2 N–H and O–H groups in total. The maximum Gasteiger partial charge on any atom is 0.263 e. The average molecular weight is 350 g/mol. The summed E-state index contributed by atoms with van der Waals surface area (Å²) in [5.74, 6) is 0.161. The number of hydrogen-bond acceptors (Lipinski definition) is 6. The van der Waals surface area contributed by atoms with E-state index in [4.69, 9.17) is 4.74 Å². The zero-order valence-corrected chi connectivity index (χ0v) is 15.2. The first-order valence-electron chi connectivity index (χ1n) is 8.08. The molecule has 8 heteroatoms. The maximum absolute atomic E-state index is 12.8. The lowest BCUT2D eigenvalue weighted by molar-refractivity contribution is -0.120. The smallest absolute Gasteiger partial charge is 0.263 e. The van der Waals surface area contributed by atoms with Crippen LogP contribution in [0, 0.1) is 0 Å². The number of hydrogen-bond donors (Lipinski definition) is 2. The van der Waals surface area contributed by atoms with Crippen molar-refractivity contribution in [3.05, 3.63) is 20.8 Å². The third kappa shape index (κ3) is 2.80. The van der Waals surface area contributed by atoms with Crippen molar-refractivity contribution in [2.75, 3.05) is 5.43 Å². The van der Waals surface area contributed by atoms with Crippen molar-refractivity contribution in [2.45, 2.75) is 52.2 Å². The zero-order chi connectivity index (χ0) is 17.5. The molecular weight excluding hydrogens is 328 g/mol. The van der Waals surface area contributed by atoms with Gasteiger partial charge >= 0.3 is 0 Å². The Morgan fingerprint density at radius 3 is 2.88 bits per heavy atom. The van der Waals surface area contributed by atoms with Gasteiger partial charge in [-0.1, -0.05) is 13.8 Å². The van der Waals surface area contributed by atoms with E-state index < -0.39 is 0 Å². The Hall–Kier alpha value is -1.93. The fourth-order valence-electron chi connectivity index (χ4n) is 2.75. The largest absolute Gasteiger partial charge is 0.369 e. The standard InChI is InChI=1S/C16H22N4O3S/c1-5-11(21)18-19-15-17-13-12(14(22)20(15)4)9-7-16(3,6-2)23-8-10(9)24-13/h5-8H2,1-4H3,(H,17,19)(H,18,21)/t16-/m1/s1. The van der Waals surface area contributed by atoms with Crippen LogP contribution in [0.15, 0.2) is 4.79 Å². The van der Waals surface area contributed by atoms with Crippen LogP contribution < -0.4 is 16.4 Å². The second-order valence-electron chi connectivity index (χ2n) is 6.28. The SMILES string of the molecule is CCC(=O)NNc1nc2sc3c(c2c(=O)n1C)C[C@@](C)(CC)OC3. The van der Waals surface area contributed by atoms with E-state index in [1.165, 1.54) is 15.9 Å². The fraction of sp³-hybridized carbons (Fsp3) is 0.562. The summed E-state index contributed by atoms with van der Waals surface area (Å²) in [5, 5.41) is 0.674. The van der Waals surface area contributed by atoms with Crippen molar-refractivity contribution in [1.82, 2.24) is 15.0 Å². The number of hydrazine groups is 1. The highest BCUT2D eigenvalue weighted by Crippen LogP contribution is 2.38. The normalized spacial score (nSPS) is 20.0. The lowest BCUT2D eigenvalue weighted by Crippen LogP contribution is -2.35. The predicted octanol–water partition coefficient (Wildman–Crippen LogP) is 2.09. The van der Waals surface area contributed by atoms with Gasteiger partial charge in [0.15, 0.2) is 0 Å². The highest BCUT2D eigenvalue weighted by Gasteiger charge is 2.33. The molecule has 1 aliphatic heterocycles. The molecule has 0 radical (unpaired) electrons. The van der Waals surface area contributed by atoms with E-state index in [2.05, 4.69) is 29.7 Å². The van der Waals surface area contributed by atoms with Crippen molar-refractivity contribution < 1.29 is 9.53 Å². The number of ether oxygens (including phenoxy) is 1. The molecule has 3 heterocycles. The second kappa shape index (κ2) is 6.18.